The van der Waals surface area contributed by atoms with Gasteiger partial charge in [-0.1, -0.05) is 41.6 Å². The third kappa shape index (κ3) is 4.51. The Hall–Kier alpha value is -2.14. The molecule has 0 atom stereocenters. The van der Waals surface area contributed by atoms with E-state index >= 15 is 0 Å². The van der Waals surface area contributed by atoms with Crippen LogP contribution in [0.3, 0.4) is 0 Å². The van der Waals surface area contributed by atoms with Gasteiger partial charge in [-0.15, -0.1) is 11.3 Å². The highest BCUT2D eigenvalue weighted by atomic mass is 32.1. The van der Waals surface area contributed by atoms with Crippen LogP contribution in [0, 0.1) is 0 Å². The lowest BCUT2D eigenvalue weighted by Gasteiger charge is -2.04. The van der Waals surface area contributed by atoms with Gasteiger partial charge in [-0.3, -0.25) is 4.79 Å². The SMILES string of the molecule is C/C(=N/OCC(=O)NCc1ccccc1)c1cccs1. The first kappa shape index (κ1) is 14.3. The molecule has 5 heteroatoms. The summed E-state index contributed by atoms with van der Waals surface area (Å²) in [4.78, 5) is 17.7. The lowest BCUT2D eigenvalue weighted by atomic mass is 10.2. The average molecular weight is 288 g/mol. The highest BCUT2D eigenvalue weighted by Crippen LogP contribution is 2.09. The molecule has 104 valence electrons. The number of hydrogen-bond acceptors (Lipinski definition) is 4. The fraction of sp³-hybridized carbons (Fsp3) is 0.200. The van der Waals surface area contributed by atoms with Crippen molar-refractivity contribution in [2.24, 2.45) is 5.16 Å². The maximum Gasteiger partial charge on any atom is 0.261 e. The molecule has 4 nitrogen and oxygen atoms in total. The lowest BCUT2D eigenvalue weighted by molar-refractivity contribution is -0.125. The Bertz CT molecular complexity index is 565. The zero-order valence-corrected chi connectivity index (χ0v) is 12.0. The second-order valence-electron chi connectivity index (χ2n) is 4.19. The van der Waals surface area contributed by atoms with Crippen molar-refractivity contribution in [2.45, 2.75) is 13.5 Å². The van der Waals surface area contributed by atoms with E-state index in [0.29, 0.717) is 6.54 Å². The largest absolute Gasteiger partial charge is 0.385 e. The van der Waals surface area contributed by atoms with Crippen LogP contribution in [0.5, 0.6) is 0 Å². The number of nitrogens with one attached hydrogen (secondary N) is 1. The minimum atomic E-state index is -0.184. The van der Waals surface area contributed by atoms with E-state index in [4.69, 9.17) is 4.84 Å². The number of amides is 1. The molecule has 0 fully saturated rings. The van der Waals surface area contributed by atoms with Crippen LogP contribution < -0.4 is 5.32 Å². The average Bonchev–Trinajstić information content (AvgIpc) is 3.00. The van der Waals surface area contributed by atoms with Gasteiger partial charge in [0.1, 0.15) is 0 Å². The Labute approximate surface area is 122 Å². The smallest absolute Gasteiger partial charge is 0.261 e. The van der Waals surface area contributed by atoms with Gasteiger partial charge in [-0.05, 0) is 23.9 Å². The van der Waals surface area contributed by atoms with Crippen molar-refractivity contribution in [3.05, 3.63) is 58.3 Å². The van der Waals surface area contributed by atoms with Gasteiger partial charge in [-0.2, -0.15) is 0 Å². The standard InChI is InChI=1S/C15H16N2O2S/c1-12(14-8-5-9-20-14)17-19-11-15(18)16-10-13-6-3-2-4-7-13/h2-9H,10-11H2,1H3,(H,16,18)/b17-12-. The van der Waals surface area contributed by atoms with Crippen molar-refractivity contribution in [3.8, 4) is 0 Å². The molecule has 0 aliphatic carbocycles. The maximum absolute atomic E-state index is 11.6. The van der Waals surface area contributed by atoms with Crippen LogP contribution in [0.15, 0.2) is 53.0 Å². The number of oxime groups is 1. The third-order valence-electron chi connectivity index (χ3n) is 2.61. The molecule has 0 spiro atoms. The van der Waals surface area contributed by atoms with Crippen LogP contribution in [0.2, 0.25) is 0 Å². The predicted molar refractivity (Wildman–Crippen MR) is 80.8 cm³/mol. The monoisotopic (exact) mass is 288 g/mol. The summed E-state index contributed by atoms with van der Waals surface area (Å²) in [6, 6.07) is 13.6. The number of thiophene rings is 1. The van der Waals surface area contributed by atoms with E-state index < -0.39 is 0 Å². The topological polar surface area (TPSA) is 50.7 Å². The summed E-state index contributed by atoms with van der Waals surface area (Å²) in [5, 5.41) is 8.68. The molecular formula is C15H16N2O2S. The summed E-state index contributed by atoms with van der Waals surface area (Å²) in [6.45, 7) is 2.28. The van der Waals surface area contributed by atoms with Crippen LogP contribution in [-0.4, -0.2) is 18.2 Å². The second kappa shape index (κ2) is 7.45. The quantitative estimate of drug-likeness (QED) is 0.656. The van der Waals surface area contributed by atoms with E-state index in [2.05, 4.69) is 10.5 Å². The fourth-order valence-electron chi connectivity index (χ4n) is 1.56. The first-order valence-corrected chi connectivity index (χ1v) is 7.15. The molecule has 2 aromatic rings. The molecule has 0 saturated carbocycles. The van der Waals surface area contributed by atoms with Gasteiger partial charge >= 0.3 is 0 Å². The molecular weight excluding hydrogens is 272 g/mol. The molecule has 2 rings (SSSR count). The van der Waals surface area contributed by atoms with Crippen molar-refractivity contribution in [1.82, 2.24) is 5.32 Å². The normalized spacial score (nSPS) is 11.2. The van der Waals surface area contributed by atoms with Crippen molar-refractivity contribution < 1.29 is 9.63 Å². The number of benzene rings is 1. The summed E-state index contributed by atoms with van der Waals surface area (Å²) in [7, 11) is 0. The minimum absolute atomic E-state index is 0.0739. The van der Waals surface area contributed by atoms with Gasteiger partial charge < -0.3 is 10.2 Å². The van der Waals surface area contributed by atoms with Crippen LogP contribution in [0.1, 0.15) is 17.4 Å². The molecule has 1 aromatic carbocycles. The molecule has 20 heavy (non-hydrogen) atoms. The highest BCUT2D eigenvalue weighted by Gasteiger charge is 2.02. The van der Waals surface area contributed by atoms with E-state index in [1.165, 1.54) is 0 Å². The number of carbonyl (C=O) groups is 1. The van der Waals surface area contributed by atoms with Crippen molar-refractivity contribution in [1.29, 1.82) is 0 Å². The molecule has 1 N–H and O–H groups in total. The third-order valence-corrected chi connectivity index (χ3v) is 3.59. The fourth-order valence-corrected chi connectivity index (χ4v) is 2.23. The van der Waals surface area contributed by atoms with E-state index in [0.717, 1.165) is 16.2 Å². The summed E-state index contributed by atoms with van der Waals surface area (Å²) >= 11 is 1.59. The van der Waals surface area contributed by atoms with Gasteiger partial charge in [0.25, 0.3) is 5.91 Å². The molecule has 0 saturated heterocycles. The van der Waals surface area contributed by atoms with Crippen LogP contribution in [0.4, 0.5) is 0 Å². The first-order valence-electron chi connectivity index (χ1n) is 6.27. The lowest BCUT2D eigenvalue weighted by Crippen LogP contribution is -2.26. The molecule has 0 unspecified atom stereocenters. The molecule has 0 aliphatic heterocycles. The first-order chi connectivity index (χ1) is 9.75. The zero-order valence-electron chi connectivity index (χ0n) is 11.2. The summed E-state index contributed by atoms with van der Waals surface area (Å²) < 4.78 is 0. The second-order valence-corrected chi connectivity index (χ2v) is 5.14. The highest BCUT2D eigenvalue weighted by molar-refractivity contribution is 7.12. The van der Waals surface area contributed by atoms with Gasteiger partial charge in [0.05, 0.1) is 10.6 Å². The van der Waals surface area contributed by atoms with Gasteiger partial charge in [-0.25, -0.2) is 0 Å². The van der Waals surface area contributed by atoms with E-state index in [1.54, 1.807) is 11.3 Å². The van der Waals surface area contributed by atoms with E-state index in [-0.39, 0.29) is 12.5 Å². The molecule has 0 aliphatic rings. The molecule has 1 heterocycles. The Kier molecular flexibility index (Phi) is 5.32. The van der Waals surface area contributed by atoms with Crippen LogP contribution >= 0.6 is 11.3 Å². The zero-order chi connectivity index (χ0) is 14.2. The van der Waals surface area contributed by atoms with Crippen molar-refractivity contribution >= 4 is 23.0 Å². The van der Waals surface area contributed by atoms with Crippen LogP contribution in [0.25, 0.3) is 0 Å². The molecule has 1 aromatic heterocycles. The summed E-state index contributed by atoms with van der Waals surface area (Å²) in [5.74, 6) is -0.184. The minimum Gasteiger partial charge on any atom is -0.385 e. The Balaban J connectivity index is 1.72. The Morgan fingerprint density at radius 3 is 2.75 bits per heavy atom. The van der Waals surface area contributed by atoms with Crippen molar-refractivity contribution in [2.75, 3.05) is 6.61 Å². The summed E-state index contributed by atoms with van der Waals surface area (Å²) in [6.07, 6.45) is 0. The number of hydrogen-bond donors (Lipinski definition) is 1. The van der Waals surface area contributed by atoms with Crippen molar-refractivity contribution in [3.63, 3.8) is 0 Å². The van der Waals surface area contributed by atoms with Gasteiger partial charge in [0.2, 0.25) is 0 Å². The molecule has 0 radical (unpaired) electrons. The van der Waals surface area contributed by atoms with E-state index in [1.807, 2.05) is 54.8 Å². The molecule has 0 bridgehead atoms. The number of nitrogens with zero attached hydrogens (tertiary/aromatic N) is 1. The Morgan fingerprint density at radius 2 is 2.05 bits per heavy atom. The van der Waals surface area contributed by atoms with E-state index in [9.17, 15) is 4.79 Å². The predicted octanol–water partition coefficient (Wildman–Crippen LogP) is 2.81. The maximum atomic E-state index is 11.6. The summed E-state index contributed by atoms with van der Waals surface area (Å²) in [5.41, 5.74) is 1.83. The number of rotatable bonds is 6. The van der Waals surface area contributed by atoms with Gasteiger partial charge in [0.15, 0.2) is 6.61 Å². The Morgan fingerprint density at radius 1 is 1.25 bits per heavy atom. The molecule has 1 amide bonds. The van der Waals surface area contributed by atoms with Gasteiger partial charge in [0, 0.05) is 6.54 Å². The van der Waals surface area contributed by atoms with Crippen LogP contribution in [-0.2, 0) is 16.2 Å². The number of carbonyl (C=O) groups excluding carboxylic acids is 1.